The third kappa shape index (κ3) is 2.30. The van der Waals surface area contributed by atoms with Gasteiger partial charge >= 0.3 is 0 Å². The summed E-state index contributed by atoms with van der Waals surface area (Å²) in [5, 5.41) is 1.15. The molecule has 0 aliphatic rings. The smallest absolute Gasteiger partial charge is 0.173 e. The van der Waals surface area contributed by atoms with Gasteiger partial charge in [-0.05, 0) is 30.3 Å². The lowest BCUT2D eigenvalue weighted by molar-refractivity contribution is 0.486. The zero-order valence-corrected chi connectivity index (χ0v) is 10.6. The van der Waals surface area contributed by atoms with E-state index >= 15 is 0 Å². The standard InChI is InChI=1S/C14H10ClN3O/c15-14-12(5-6-13(16)18-14)19-11-7-8-17-10-4-2-1-3-9(10)11/h1-8H,(H2,16,18). The number of ether oxygens (including phenoxy) is 1. The summed E-state index contributed by atoms with van der Waals surface area (Å²) in [5.74, 6) is 1.50. The predicted octanol–water partition coefficient (Wildman–Crippen LogP) is 3.66. The number of fused-ring (bicyclic) bond motifs is 1. The Morgan fingerprint density at radius 1 is 1.00 bits per heavy atom. The number of nitrogens with zero attached hydrogens (tertiary/aromatic N) is 2. The maximum Gasteiger partial charge on any atom is 0.173 e. The van der Waals surface area contributed by atoms with Crippen LogP contribution in [0.1, 0.15) is 0 Å². The van der Waals surface area contributed by atoms with Gasteiger partial charge in [0.05, 0.1) is 5.52 Å². The number of hydrogen-bond donors (Lipinski definition) is 1. The van der Waals surface area contributed by atoms with Crippen LogP contribution in [0.5, 0.6) is 11.5 Å². The van der Waals surface area contributed by atoms with E-state index < -0.39 is 0 Å². The topological polar surface area (TPSA) is 61.0 Å². The van der Waals surface area contributed by atoms with Crippen molar-refractivity contribution in [2.75, 3.05) is 5.73 Å². The van der Waals surface area contributed by atoms with Crippen LogP contribution in [-0.2, 0) is 0 Å². The van der Waals surface area contributed by atoms with E-state index in [2.05, 4.69) is 9.97 Å². The Labute approximate surface area is 114 Å². The minimum atomic E-state index is 0.237. The fourth-order valence-corrected chi connectivity index (χ4v) is 1.99. The molecular weight excluding hydrogens is 262 g/mol. The largest absolute Gasteiger partial charge is 0.453 e. The summed E-state index contributed by atoms with van der Waals surface area (Å²) >= 11 is 6.00. The summed E-state index contributed by atoms with van der Waals surface area (Å²) < 4.78 is 5.79. The van der Waals surface area contributed by atoms with E-state index in [-0.39, 0.29) is 5.15 Å². The Hall–Kier alpha value is -2.33. The lowest BCUT2D eigenvalue weighted by Gasteiger charge is -2.09. The molecule has 2 aromatic heterocycles. The Kier molecular flexibility index (Phi) is 2.93. The van der Waals surface area contributed by atoms with E-state index in [0.717, 1.165) is 10.9 Å². The van der Waals surface area contributed by atoms with Gasteiger partial charge in [-0.15, -0.1) is 0 Å². The van der Waals surface area contributed by atoms with Crippen molar-refractivity contribution in [1.29, 1.82) is 0 Å². The van der Waals surface area contributed by atoms with E-state index in [4.69, 9.17) is 22.1 Å². The van der Waals surface area contributed by atoms with Crippen molar-refractivity contribution >= 4 is 28.3 Å². The zero-order chi connectivity index (χ0) is 13.2. The molecule has 3 aromatic rings. The highest BCUT2D eigenvalue weighted by Gasteiger charge is 2.08. The van der Waals surface area contributed by atoms with Gasteiger partial charge in [0, 0.05) is 11.6 Å². The number of pyridine rings is 2. The van der Waals surface area contributed by atoms with Gasteiger partial charge in [0.2, 0.25) is 0 Å². The molecule has 4 nitrogen and oxygen atoms in total. The Bertz CT molecular complexity index is 740. The highest BCUT2D eigenvalue weighted by Crippen LogP contribution is 2.32. The first-order valence-corrected chi connectivity index (χ1v) is 6.05. The number of nitrogens with two attached hydrogens (primary N) is 1. The predicted molar refractivity (Wildman–Crippen MR) is 75.5 cm³/mol. The maximum absolute atomic E-state index is 6.00. The molecule has 0 spiro atoms. The van der Waals surface area contributed by atoms with Crippen molar-refractivity contribution in [3.8, 4) is 11.5 Å². The molecule has 5 heteroatoms. The summed E-state index contributed by atoms with van der Waals surface area (Å²) in [7, 11) is 0. The molecule has 2 heterocycles. The molecular formula is C14H10ClN3O. The highest BCUT2D eigenvalue weighted by molar-refractivity contribution is 6.31. The van der Waals surface area contributed by atoms with Crippen LogP contribution in [0, 0.1) is 0 Å². The molecule has 0 amide bonds. The van der Waals surface area contributed by atoms with Crippen molar-refractivity contribution in [3.63, 3.8) is 0 Å². The summed E-state index contributed by atoms with van der Waals surface area (Å²) in [4.78, 5) is 8.22. The van der Waals surface area contributed by atoms with E-state index in [9.17, 15) is 0 Å². The lowest BCUT2D eigenvalue weighted by Crippen LogP contribution is -1.93. The van der Waals surface area contributed by atoms with Gasteiger partial charge < -0.3 is 10.5 Å². The van der Waals surface area contributed by atoms with Crippen LogP contribution in [0.2, 0.25) is 5.15 Å². The number of nitrogen functional groups attached to an aromatic ring is 1. The van der Waals surface area contributed by atoms with Crippen LogP contribution in [0.3, 0.4) is 0 Å². The minimum absolute atomic E-state index is 0.237. The molecule has 0 radical (unpaired) electrons. The van der Waals surface area contributed by atoms with Crippen molar-refractivity contribution in [2.45, 2.75) is 0 Å². The first kappa shape index (κ1) is 11.7. The summed E-state index contributed by atoms with van der Waals surface area (Å²) in [6.07, 6.45) is 1.69. The van der Waals surface area contributed by atoms with E-state index in [1.165, 1.54) is 0 Å². The van der Waals surface area contributed by atoms with E-state index in [1.807, 2.05) is 24.3 Å². The van der Waals surface area contributed by atoms with Crippen LogP contribution >= 0.6 is 11.6 Å². The molecule has 94 valence electrons. The highest BCUT2D eigenvalue weighted by atomic mass is 35.5. The second kappa shape index (κ2) is 4.74. The molecule has 0 atom stereocenters. The molecule has 0 fully saturated rings. The molecule has 1 aromatic carbocycles. The van der Waals surface area contributed by atoms with E-state index in [0.29, 0.717) is 17.3 Å². The van der Waals surface area contributed by atoms with Gasteiger partial charge in [-0.1, -0.05) is 23.7 Å². The normalized spacial score (nSPS) is 10.6. The average molecular weight is 272 g/mol. The lowest BCUT2D eigenvalue weighted by atomic mass is 10.2. The number of hydrogen-bond acceptors (Lipinski definition) is 4. The van der Waals surface area contributed by atoms with E-state index in [1.54, 1.807) is 24.4 Å². The van der Waals surface area contributed by atoms with Gasteiger partial charge in [-0.3, -0.25) is 4.98 Å². The molecule has 0 saturated carbocycles. The van der Waals surface area contributed by atoms with Crippen molar-refractivity contribution in [1.82, 2.24) is 9.97 Å². The molecule has 0 saturated heterocycles. The molecule has 19 heavy (non-hydrogen) atoms. The SMILES string of the molecule is Nc1ccc(Oc2ccnc3ccccc23)c(Cl)n1. The van der Waals surface area contributed by atoms with Crippen LogP contribution in [0.25, 0.3) is 10.9 Å². The second-order valence-electron chi connectivity index (χ2n) is 3.95. The molecule has 0 aliphatic carbocycles. The molecule has 2 N–H and O–H groups in total. The Morgan fingerprint density at radius 3 is 2.68 bits per heavy atom. The zero-order valence-electron chi connectivity index (χ0n) is 9.88. The summed E-state index contributed by atoms with van der Waals surface area (Å²) in [6.45, 7) is 0. The number of benzene rings is 1. The fourth-order valence-electron chi connectivity index (χ4n) is 1.79. The third-order valence-corrected chi connectivity index (χ3v) is 2.94. The molecule has 0 aliphatic heterocycles. The first-order chi connectivity index (χ1) is 9.24. The van der Waals surface area contributed by atoms with Gasteiger partial charge in [0.25, 0.3) is 0 Å². The number of para-hydroxylation sites is 1. The number of aromatic nitrogens is 2. The number of rotatable bonds is 2. The van der Waals surface area contributed by atoms with Crippen LogP contribution in [-0.4, -0.2) is 9.97 Å². The third-order valence-electron chi connectivity index (χ3n) is 2.67. The Morgan fingerprint density at radius 2 is 1.84 bits per heavy atom. The van der Waals surface area contributed by atoms with Gasteiger partial charge in [0.15, 0.2) is 10.9 Å². The molecule has 0 bridgehead atoms. The summed E-state index contributed by atoms with van der Waals surface area (Å²) in [6, 6.07) is 12.8. The van der Waals surface area contributed by atoms with Crippen LogP contribution in [0.4, 0.5) is 5.82 Å². The van der Waals surface area contributed by atoms with Crippen LogP contribution in [0.15, 0.2) is 48.7 Å². The van der Waals surface area contributed by atoms with Gasteiger partial charge in [-0.25, -0.2) is 4.98 Å². The molecule has 0 unspecified atom stereocenters. The average Bonchev–Trinajstić information content (AvgIpc) is 2.42. The van der Waals surface area contributed by atoms with Crippen molar-refractivity contribution in [2.24, 2.45) is 0 Å². The number of anilines is 1. The first-order valence-electron chi connectivity index (χ1n) is 5.67. The minimum Gasteiger partial charge on any atom is -0.453 e. The molecule has 3 rings (SSSR count). The van der Waals surface area contributed by atoms with Gasteiger partial charge in [0.1, 0.15) is 11.6 Å². The number of halogens is 1. The van der Waals surface area contributed by atoms with Gasteiger partial charge in [-0.2, -0.15) is 0 Å². The Balaban J connectivity index is 2.06. The van der Waals surface area contributed by atoms with Crippen molar-refractivity contribution in [3.05, 3.63) is 53.8 Å². The maximum atomic E-state index is 6.00. The quantitative estimate of drug-likeness (QED) is 0.723. The fraction of sp³-hybridized carbons (Fsp3) is 0. The van der Waals surface area contributed by atoms with Crippen molar-refractivity contribution < 1.29 is 4.74 Å². The second-order valence-corrected chi connectivity index (χ2v) is 4.31. The van der Waals surface area contributed by atoms with Crippen LogP contribution < -0.4 is 10.5 Å². The summed E-state index contributed by atoms with van der Waals surface area (Å²) in [5.41, 5.74) is 6.41. The monoisotopic (exact) mass is 271 g/mol.